The van der Waals surface area contributed by atoms with Crippen molar-refractivity contribution >= 4 is 63.4 Å². The number of amides is 2. The van der Waals surface area contributed by atoms with Crippen LogP contribution in [0.2, 0.25) is 0 Å². The van der Waals surface area contributed by atoms with Gasteiger partial charge in [-0.15, -0.1) is 11.8 Å². The Morgan fingerprint density at radius 2 is 2.18 bits per heavy atom. The van der Waals surface area contributed by atoms with Crippen LogP contribution in [-0.2, 0) is 25.8 Å². The maximum absolute atomic E-state index is 13.0. The van der Waals surface area contributed by atoms with E-state index >= 15 is 0 Å². The molecule has 0 aromatic carbocycles. The highest BCUT2D eigenvalue weighted by atomic mass is 32.2. The second-order valence-corrected chi connectivity index (χ2v) is 10.3. The second kappa shape index (κ2) is 9.86. The number of aromatic nitrogens is 6. The Bertz CT molecular complexity index is 1510. The van der Waals surface area contributed by atoms with E-state index < -0.39 is 29.2 Å². The van der Waals surface area contributed by atoms with Gasteiger partial charge in [0.05, 0.1) is 23.3 Å². The Hall–Kier alpha value is -4.32. The number of hydrogen-bond donors (Lipinski definition) is 2. The molecule has 198 valence electrons. The molecule has 3 aromatic heterocycles. The molecule has 0 radical (unpaired) electrons. The Morgan fingerprint density at radius 3 is 2.84 bits per heavy atom. The van der Waals surface area contributed by atoms with Gasteiger partial charge in [-0.05, 0) is 11.6 Å². The van der Waals surface area contributed by atoms with Crippen molar-refractivity contribution in [2.75, 3.05) is 37.6 Å². The van der Waals surface area contributed by atoms with Gasteiger partial charge in [-0.3, -0.25) is 14.5 Å². The number of nitrogens with one attached hydrogen (secondary N) is 1. The van der Waals surface area contributed by atoms with Crippen LogP contribution in [0.3, 0.4) is 0 Å². The lowest BCUT2D eigenvalue weighted by Crippen LogP contribution is -2.71. The van der Waals surface area contributed by atoms with Crippen LogP contribution in [0.5, 0.6) is 0 Å². The zero-order valence-electron chi connectivity index (χ0n) is 20.3. The lowest BCUT2D eigenvalue weighted by atomic mass is 10.0. The summed E-state index contributed by atoms with van der Waals surface area (Å²) in [5.41, 5.74) is 6.19. The van der Waals surface area contributed by atoms with Crippen LogP contribution in [0.1, 0.15) is 5.82 Å². The Balaban J connectivity index is 1.37. The van der Waals surface area contributed by atoms with E-state index in [4.69, 9.17) is 10.6 Å². The predicted octanol–water partition coefficient (Wildman–Crippen LogP) is -3.03. The van der Waals surface area contributed by atoms with Gasteiger partial charge in [0.2, 0.25) is 11.5 Å². The number of rotatable bonds is 8. The Kier molecular flexibility index (Phi) is 6.57. The number of carbonyl (C=O) groups excluding carboxylic acids is 3. The van der Waals surface area contributed by atoms with Gasteiger partial charge >= 0.3 is 0 Å². The van der Waals surface area contributed by atoms with Gasteiger partial charge in [-0.25, -0.2) is 4.57 Å². The third kappa shape index (κ3) is 4.36. The van der Waals surface area contributed by atoms with Gasteiger partial charge in [0.15, 0.2) is 10.9 Å². The van der Waals surface area contributed by atoms with Crippen molar-refractivity contribution in [1.82, 2.24) is 34.4 Å². The van der Waals surface area contributed by atoms with Crippen LogP contribution >= 0.6 is 23.3 Å². The van der Waals surface area contributed by atoms with E-state index in [-0.39, 0.29) is 34.7 Å². The van der Waals surface area contributed by atoms with Gasteiger partial charge in [-0.2, -0.15) is 9.36 Å². The summed E-state index contributed by atoms with van der Waals surface area (Å²) >= 11 is 2.18. The molecular weight excluding hydrogens is 538 g/mol. The minimum atomic E-state index is -1.49. The topological polar surface area (TPSA) is 200 Å². The number of nitrogens with zero attached hydrogens (tertiary/aromatic N) is 9. The van der Waals surface area contributed by atoms with E-state index in [2.05, 4.69) is 30.0 Å². The van der Waals surface area contributed by atoms with E-state index in [9.17, 15) is 19.5 Å². The number of oxime groups is 1. The van der Waals surface area contributed by atoms with Crippen LogP contribution in [-0.4, -0.2) is 91.0 Å². The van der Waals surface area contributed by atoms with Crippen LogP contribution in [0.4, 0.5) is 10.9 Å². The molecule has 16 nitrogen and oxygen atoms in total. The molecule has 18 heteroatoms. The fourth-order valence-corrected chi connectivity index (χ4v) is 5.81. The SMILES string of the molecule is CO/N=C(/C(=O)N[C@@H]1C(=O)N2C(C(=O)[O-])=C(C[n+]3cnn4nc(N(C)C)ccc43)CS[C@H]12)c1nsc(N)n1. The van der Waals surface area contributed by atoms with Crippen LogP contribution in [0, 0.1) is 0 Å². The van der Waals surface area contributed by atoms with Crippen molar-refractivity contribution in [2.45, 2.75) is 18.0 Å². The minimum Gasteiger partial charge on any atom is -0.543 e. The number of anilines is 2. The molecule has 0 spiro atoms. The van der Waals surface area contributed by atoms with Gasteiger partial charge in [0.1, 0.15) is 18.5 Å². The van der Waals surface area contributed by atoms with Crippen LogP contribution in [0.15, 0.2) is 34.9 Å². The summed E-state index contributed by atoms with van der Waals surface area (Å²) in [5, 5.41) is 26.5. The quantitative estimate of drug-likeness (QED) is 0.123. The lowest BCUT2D eigenvalue weighted by molar-refractivity contribution is -0.664. The first-order valence-corrected chi connectivity index (χ1v) is 12.8. The highest BCUT2D eigenvalue weighted by molar-refractivity contribution is 8.00. The van der Waals surface area contributed by atoms with E-state index in [0.717, 1.165) is 16.4 Å². The van der Waals surface area contributed by atoms with Crippen molar-refractivity contribution in [1.29, 1.82) is 0 Å². The molecule has 0 bridgehead atoms. The molecule has 0 saturated carbocycles. The Morgan fingerprint density at radius 1 is 1.39 bits per heavy atom. The fourth-order valence-electron chi connectivity index (χ4n) is 4.04. The number of hydrogen-bond acceptors (Lipinski definition) is 14. The molecule has 1 fully saturated rings. The highest BCUT2D eigenvalue weighted by Crippen LogP contribution is 2.40. The summed E-state index contributed by atoms with van der Waals surface area (Å²) < 4.78 is 7.12. The minimum absolute atomic E-state index is 0.0537. The second-order valence-electron chi connectivity index (χ2n) is 8.37. The molecule has 38 heavy (non-hydrogen) atoms. The maximum atomic E-state index is 13.0. The molecule has 2 aliphatic heterocycles. The van der Waals surface area contributed by atoms with Gasteiger partial charge in [0.25, 0.3) is 23.8 Å². The monoisotopic (exact) mass is 559 g/mol. The predicted molar refractivity (Wildman–Crippen MR) is 132 cm³/mol. The Labute approximate surface area is 222 Å². The van der Waals surface area contributed by atoms with E-state index in [0.29, 0.717) is 17.0 Å². The zero-order chi connectivity index (χ0) is 27.1. The number of nitrogen functional groups attached to an aromatic ring is 1. The van der Waals surface area contributed by atoms with Crippen molar-refractivity contribution in [3.8, 4) is 0 Å². The number of carbonyl (C=O) groups is 3. The van der Waals surface area contributed by atoms with E-state index in [1.54, 1.807) is 4.57 Å². The number of carboxylic acid groups (broad SMARTS) is 1. The largest absolute Gasteiger partial charge is 0.543 e. The summed E-state index contributed by atoms with van der Waals surface area (Å²) in [6.45, 7) is 0.151. The first kappa shape index (κ1) is 25.3. The van der Waals surface area contributed by atoms with Crippen molar-refractivity contribution in [3.05, 3.63) is 35.6 Å². The third-order valence-electron chi connectivity index (χ3n) is 5.78. The molecule has 0 aliphatic carbocycles. The van der Waals surface area contributed by atoms with Crippen molar-refractivity contribution in [2.24, 2.45) is 5.16 Å². The summed E-state index contributed by atoms with van der Waals surface area (Å²) in [5.74, 6) is -1.93. The molecule has 3 aromatic rings. The molecule has 2 atom stereocenters. The number of aliphatic carboxylic acids is 1. The van der Waals surface area contributed by atoms with Crippen molar-refractivity contribution < 1.29 is 28.9 Å². The van der Waals surface area contributed by atoms with E-state index in [1.165, 1.54) is 29.8 Å². The number of nitrogens with two attached hydrogens (primary N) is 1. The smallest absolute Gasteiger partial charge is 0.290 e. The summed E-state index contributed by atoms with van der Waals surface area (Å²) in [4.78, 5) is 49.7. The molecule has 5 rings (SSSR count). The highest BCUT2D eigenvalue weighted by Gasteiger charge is 2.53. The normalized spacial score (nSPS) is 19.3. The average Bonchev–Trinajstić information content (AvgIpc) is 3.50. The molecule has 5 heterocycles. The standard InChI is InChI=1S/C20H21N11O5S2/c1-28(2)10-4-5-11-29(8-22-31(11)25-10)6-9-7-37-18-13(17(33)30(18)14(9)19(34)35)23-16(32)12(26-36-3)15-24-20(21)38-27-15/h4-5,8,13,18H,6-7H2,1-3H3,(H3-,21,23,24,27,32,34,35)/b26-12+/t13-,18-/m1/s1. The molecular formula is C20H21N11O5S2. The maximum Gasteiger partial charge on any atom is 0.290 e. The number of fused-ring (bicyclic) bond motifs is 2. The molecule has 1 saturated heterocycles. The lowest BCUT2D eigenvalue weighted by Gasteiger charge is -2.50. The fraction of sp³-hybridized carbons (Fsp3) is 0.350. The molecule has 0 unspecified atom stereocenters. The average molecular weight is 560 g/mol. The zero-order valence-corrected chi connectivity index (χ0v) is 21.9. The summed E-state index contributed by atoms with van der Waals surface area (Å²) in [6, 6.07) is 2.63. The molecule has 2 amide bonds. The first-order valence-electron chi connectivity index (χ1n) is 11.0. The van der Waals surface area contributed by atoms with Gasteiger partial charge < -0.3 is 30.7 Å². The van der Waals surface area contributed by atoms with Gasteiger partial charge in [-0.1, -0.05) is 10.3 Å². The summed E-state index contributed by atoms with van der Waals surface area (Å²) in [7, 11) is 4.96. The summed E-state index contributed by atoms with van der Waals surface area (Å²) in [6.07, 6.45) is 1.54. The van der Waals surface area contributed by atoms with Crippen LogP contribution < -0.4 is 25.6 Å². The number of carboxylic acids is 1. The van der Waals surface area contributed by atoms with E-state index in [1.807, 2.05) is 31.1 Å². The molecule has 3 N–H and O–H groups in total. The number of β-lactam (4-membered cyclic amide) rings is 1. The van der Waals surface area contributed by atoms with Gasteiger partial charge in [0, 0.05) is 42.1 Å². The first-order chi connectivity index (χ1) is 18.2. The van der Waals surface area contributed by atoms with Crippen LogP contribution in [0.25, 0.3) is 5.65 Å². The molecule has 2 aliphatic rings. The number of thioether (sulfide) groups is 1. The third-order valence-corrected chi connectivity index (χ3v) is 7.66. The van der Waals surface area contributed by atoms with Crippen molar-refractivity contribution in [3.63, 3.8) is 0 Å².